The van der Waals surface area contributed by atoms with Crippen LogP contribution in [0, 0.1) is 24.7 Å². The number of hydrogen-bond donors (Lipinski definition) is 1. The van der Waals surface area contributed by atoms with Gasteiger partial charge < -0.3 is 29.9 Å². The Morgan fingerprint density at radius 3 is 1.51 bits per heavy atom. The second-order valence-electron chi connectivity index (χ2n) is 23.9. The van der Waals surface area contributed by atoms with Gasteiger partial charge in [0, 0.05) is 91.4 Å². The van der Waals surface area contributed by atoms with Crippen molar-refractivity contribution in [1.82, 2.24) is 43.9 Å². The van der Waals surface area contributed by atoms with E-state index in [9.17, 15) is 43.2 Å². The number of nitrogen functional groups attached to an aromatic ring is 1. The van der Waals surface area contributed by atoms with Crippen molar-refractivity contribution in [1.29, 1.82) is 0 Å². The number of alkyl halides is 6. The molecular formula is C57H71F6N13O6S2. The summed E-state index contributed by atoms with van der Waals surface area (Å²) in [6, 6.07) is 12.2. The molecule has 454 valence electrons. The monoisotopic (exact) mass is 1210 g/mol. The number of halogens is 6. The van der Waals surface area contributed by atoms with Crippen molar-refractivity contribution in [2.24, 2.45) is 15.8 Å². The van der Waals surface area contributed by atoms with Crippen LogP contribution >= 0.6 is 0 Å². The Morgan fingerprint density at radius 1 is 0.643 bits per heavy atom. The highest BCUT2D eigenvalue weighted by Crippen LogP contribution is 2.44. The third-order valence-corrected chi connectivity index (χ3v) is 21.3. The number of imidazole rings is 2. The molecule has 6 saturated heterocycles. The van der Waals surface area contributed by atoms with E-state index in [-0.39, 0.29) is 57.8 Å². The van der Waals surface area contributed by atoms with Crippen molar-refractivity contribution in [3.8, 4) is 0 Å². The summed E-state index contributed by atoms with van der Waals surface area (Å²) < 4.78 is 146. The lowest BCUT2D eigenvalue weighted by molar-refractivity contribution is -0.138. The summed E-state index contributed by atoms with van der Waals surface area (Å²) in [5.41, 5.74) is 10.9. The topological polar surface area (TPSA) is 202 Å². The van der Waals surface area contributed by atoms with Gasteiger partial charge in [-0.1, -0.05) is 24.3 Å². The number of rotatable bonds is 12. The van der Waals surface area contributed by atoms with Crippen molar-refractivity contribution in [2.45, 2.75) is 77.8 Å². The molecule has 0 amide bonds. The Bertz CT molecular complexity index is 3710. The van der Waals surface area contributed by atoms with E-state index in [0.717, 1.165) is 38.1 Å². The van der Waals surface area contributed by atoms with E-state index in [1.165, 1.54) is 26.0 Å². The molecule has 0 aliphatic carbocycles. The molecule has 4 aromatic heterocycles. The Morgan fingerprint density at radius 2 is 1.08 bits per heavy atom. The van der Waals surface area contributed by atoms with Crippen molar-refractivity contribution in [3.05, 3.63) is 105 Å². The summed E-state index contributed by atoms with van der Waals surface area (Å²) in [7, 11) is -2.32. The first-order valence-electron chi connectivity index (χ1n) is 28.4. The van der Waals surface area contributed by atoms with Gasteiger partial charge in [-0.3, -0.25) is 9.80 Å². The van der Waals surface area contributed by atoms with E-state index in [2.05, 4.69) is 19.6 Å². The Labute approximate surface area is 484 Å². The van der Waals surface area contributed by atoms with Crippen LogP contribution in [0.1, 0.15) is 81.8 Å². The van der Waals surface area contributed by atoms with Crippen LogP contribution < -0.4 is 15.5 Å². The molecule has 19 nitrogen and oxygen atoms in total. The van der Waals surface area contributed by atoms with E-state index in [0.29, 0.717) is 160 Å². The van der Waals surface area contributed by atoms with E-state index in [1.54, 1.807) is 33.6 Å². The maximum atomic E-state index is 13.9. The highest BCUT2D eigenvalue weighted by Gasteiger charge is 2.48. The lowest BCUT2D eigenvalue weighted by Crippen LogP contribution is -2.37. The highest BCUT2D eigenvalue weighted by molar-refractivity contribution is 7.91. The van der Waals surface area contributed by atoms with E-state index >= 15 is 0 Å². The van der Waals surface area contributed by atoms with Crippen LogP contribution in [0.4, 0.5) is 49.4 Å². The molecule has 2 N–H and O–H groups in total. The molecule has 2 aromatic carbocycles. The predicted octanol–water partition coefficient (Wildman–Crippen LogP) is 6.79. The molecule has 6 fully saturated rings. The number of ether oxygens (including phenoxy) is 2. The third kappa shape index (κ3) is 12.7. The SMILES string of the molecule is Cc1c(Cc2c(CN3CCC4(CCS(=O)(=O)C4)C3)nc3c(N)cc(N4CCOCC4)nn23)cccc1C(F)(F)F.Cc1c(Cc2c(CN3CCC4(CCS(=O)(=O)C4)C3)nc3c(N=CN(C)C)cc(N4CCOCC4)nn23)cccc1C(F)(F)F. The van der Waals surface area contributed by atoms with Crippen LogP contribution in [0.3, 0.4) is 0 Å². The quantitative estimate of drug-likeness (QED) is 0.0762. The average molecular weight is 1210 g/mol. The van der Waals surface area contributed by atoms with E-state index < -0.39 is 43.2 Å². The first kappa shape index (κ1) is 59.6. The summed E-state index contributed by atoms with van der Waals surface area (Å²) in [6.45, 7) is 11.5. The van der Waals surface area contributed by atoms with Crippen molar-refractivity contribution in [2.75, 3.05) is 131 Å². The maximum Gasteiger partial charge on any atom is 0.416 e. The summed E-state index contributed by atoms with van der Waals surface area (Å²) in [4.78, 5) is 25.0. The number of fused-ring (bicyclic) bond motifs is 2. The van der Waals surface area contributed by atoms with Crippen LogP contribution in [0.5, 0.6) is 0 Å². The number of morpholine rings is 2. The van der Waals surface area contributed by atoms with Crippen LogP contribution in [-0.4, -0.2) is 183 Å². The molecule has 2 unspecified atom stereocenters. The Kier molecular flexibility index (Phi) is 16.3. The standard InChI is InChI=1S/C30H38F3N7O3S.C27H33F3N6O3S/c1-21-22(5-4-6-23(21)30(31,32)33)15-26-25(17-38-9-7-29(18-38)8-14-44(41,42)19-29)35-28-24(34-20-37(2)3)16-27(36-40(26)28)39-10-12-43-13-11-39;1-18-19(3-2-4-20(18)27(28,29)30)13-23-22(15-34-7-5-26(16-34)6-12-40(37,38)17-26)32-25-21(31)14-24(33-36(23)25)35-8-10-39-11-9-35/h4-6,16,20H,7-15,17-19H2,1-3H3;2-4,14H,5-13,15-17,31H2,1H3. The second kappa shape index (κ2) is 22.9. The second-order valence-corrected chi connectivity index (χ2v) is 28.2. The zero-order chi connectivity index (χ0) is 59.6. The van der Waals surface area contributed by atoms with Crippen molar-refractivity contribution < 1.29 is 52.7 Å². The summed E-state index contributed by atoms with van der Waals surface area (Å²) in [6.07, 6.45) is -3.96. The average Bonchev–Trinajstić information content (AvgIpc) is 2.35. The summed E-state index contributed by atoms with van der Waals surface area (Å²) in [5.74, 6) is 2.20. The van der Waals surface area contributed by atoms with E-state index in [1.807, 2.05) is 25.1 Å². The van der Waals surface area contributed by atoms with Gasteiger partial charge in [0.25, 0.3) is 0 Å². The fourth-order valence-electron chi connectivity index (χ4n) is 13.1. The molecule has 6 aliphatic rings. The third-order valence-electron chi connectivity index (χ3n) is 17.5. The molecule has 6 aromatic rings. The molecule has 84 heavy (non-hydrogen) atoms. The van der Waals surface area contributed by atoms with Gasteiger partial charge in [0.05, 0.1) is 95.4 Å². The number of anilines is 3. The number of sulfone groups is 2. The number of aliphatic imine (C=N–C) groups is 1. The molecule has 0 radical (unpaired) electrons. The number of aromatic nitrogens is 6. The fourth-order valence-corrected chi connectivity index (χ4v) is 17.5. The summed E-state index contributed by atoms with van der Waals surface area (Å²) in [5, 5.41) is 9.85. The van der Waals surface area contributed by atoms with Gasteiger partial charge in [0.1, 0.15) is 5.69 Å². The Hall–Kier alpha value is -6.13. The number of hydrogen-bond acceptors (Lipinski definition) is 16. The molecule has 2 atom stereocenters. The molecular weight excluding hydrogens is 1140 g/mol. The largest absolute Gasteiger partial charge is 0.416 e. The zero-order valence-corrected chi connectivity index (χ0v) is 49.3. The van der Waals surface area contributed by atoms with Crippen LogP contribution in [0.25, 0.3) is 11.3 Å². The highest BCUT2D eigenvalue weighted by atomic mass is 32.2. The van der Waals surface area contributed by atoms with E-state index in [4.69, 9.17) is 40.4 Å². The normalized spacial score (nSPS) is 23.1. The minimum absolute atomic E-state index is 0.171. The maximum absolute atomic E-state index is 13.9. The molecule has 10 heterocycles. The lowest BCUT2D eigenvalue weighted by Gasteiger charge is -2.28. The smallest absolute Gasteiger partial charge is 0.396 e. The van der Waals surface area contributed by atoms with Crippen molar-refractivity contribution >= 4 is 60.3 Å². The first-order chi connectivity index (χ1) is 39.8. The lowest BCUT2D eigenvalue weighted by atomic mass is 9.87. The minimum atomic E-state index is -4.47. The molecule has 2 spiro atoms. The molecule has 27 heteroatoms. The molecule has 6 aliphatic heterocycles. The van der Waals surface area contributed by atoms with Crippen LogP contribution in [-0.2, 0) is 67.4 Å². The minimum Gasteiger partial charge on any atom is -0.396 e. The summed E-state index contributed by atoms with van der Waals surface area (Å²) >= 11 is 0. The molecule has 0 bridgehead atoms. The fraction of sp³-hybridized carbons (Fsp3) is 0.561. The van der Waals surface area contributed by atoms with Gasteiger partial charge in [0.2, 0.25) is 0 Å². The van der Waals surface area contributed by atoms with Gasteiger partial charge in [0.15, 0.2) is 42.6 Å². The number of nitrogens with two attached hydrogens (primary N) is 1. The van der Waals surface area contributed by atoms with Gasteiger partial charge in [-0.05, 0) is 97.8 Å². The first-order valence-corrected chi connectivity index (χ1v) is 32.0. The molecule has 0 saturated carbocycles. The molecule has 12 rings (SSSR count). The van der Waals surface area contributed by atoms with Crippen LogP contribution in [0.15, 0.2) is 53.5 Å². The van der Waals surface area contributed by atoms with Gasteiger partial charge in [-0.25, -0.2) is 40.8 Å². The number of benzene rings is 2. The van der Waals surface area contributed by atoms with Crippen molar-refractivity contribution in [3.63, 3.8) is 0 Å². The van der Waals surface area contributed by atoms with Gasteiger partial charge in [-0.15, -0.1) is 10.2 Å². The van der Waals surface area contributed by atoms with Crippen LogP contribution in [0.2, 0.25) is 0 Å². The van der Waals surface area contributed by atoms with Gasteiger partial charge >= 0.3 is 12.4 Å². The number of nitrogens with zero attached hydrogens (tertiary/aromatic N) is 12. The predicted molar refractivity (Wildman–Crippen MR) is 307 cm³/mol. The Balaban J connectivity index is 0.000000176. The number of likely N-dealkylation sites (tertiary alicyclic amines) is 2. The zero-order valence-electron chi connectivity index (χ0n) is 47.6. The van der Waals surface area contributed by atoms with Gasteiger partial charge in [-0.2, -0.15) is 26.3 Å².